The SMILES string of the molecule is Cc1ccc(NC(=O)C2(c3ccc(O)c(O)c3)CC2)cc1-c1ccc(C(N)=O)cc1. The molecule has 3 aromatic carbocycles. The van der Waals surface area contributed by atoms with Crippen molar-refractivity contribution in [3.05, 3.63) is 77.4 Å². The van der Waals surface area contributed by atoms with Gasteiger partial charge >= 0.3 is 0 Å². The largest absolute Gasteiger partial charge is 0.504 e. The molecule has 0 spiro atoms. The maximum atomic E-state index is 13.0. The number of primary amides is 1. The van der Waals surface area contributed by atoms with Crippen LogP contribution in [0.15, 0.2) is 60.7 Å². The Labute approximate surface area is 174 Å². The van der Waals surface area contributed by atoms with Crippen molar-refractivity contribution in [1.82, 2.24) is 0 Å². The number of amides is 2. The number of phenolic OH excluding ortho intramolecular Hbond substituents is 2. The molecule has 3 aromatic rings. The van der Waals surface area contributed by atoms with Crippen molar-refractivity contribution < 1.29 is 19.8 Å². The Morgan fingerprint density at radius 1 is 0.933 bits per heavy atom. The van der Waals surface area contributed by atoms with Gasteiger partial charge in [0.2, 0.25) is 11.8 Å². The third-order valence-electron chi connectivity index (χ3n) is 5.69. The van der Waals surface area contributed by atoms with Crippen LogP contribution in [0.3, 0.4) is 0 Å². The number of rotatable bonds is 5. The van der Waals surface area contributed by atoms with Crippen molar-refractivity contribution in [1.29, 1.82) is 0 Å². The van der Waals surface area contributed by atoms with Gasteiger partial charge in [0.15, 0.2) is 11.5 Å². The minimum absolute atomic E-state index is 0.147. The molecule has 0 aromatic heterocycles. The minimum Gasteiger partial charge on any atom is -0.504 e. The number of aryl methyl sites for hydroxylation is 1. The monoisotopic (exact) mass is 402 g/mol. The average Bonchev–Trinajstić information content (AvgIpc) is 3.54. The molecule has 0 saturated heterocycles. The Hall–Kier alpha value is -3.80. The molecule has 1 aliphatic carbocycles. The normalized spacial score (nSPS) is 14.2. The van der Waals surface area contributed by atoms with E-state index in [1.54, 1.807) is 18.2 Å². The summed E-state index contributed by atoms with van der Waals surface area (Å²) in [6.07, 6.45) is 1.35. The first-order chi connectivity index (χ1) is 14.3. The van der Waals surface area contributed by atoms with Gasteiger partial charge in [0.25, 0.3) is 0 Å². The molecule has 1 fully saturated rings. The molecule has 5 N–H and O–H groups in total. The van der Waals surface area contributed by atoms with Gasteiger partial charge in [-0.3, -0.25) is 9.59 Å². The van der Waals surface area contributed by atoms with Crippen LogP contribution in [-0.4, -0.2) is 22.0 Å². The summed E-state index contributed by atoms with van der Waals surface area (Å²) >= 11 is 0. The number of hydrogen-bond acceptors (Lipinski definition) is 4. The number of anilines is 1. The lowest BCUT2D eigenvalue weighted by molar-refractivity contribution is -0.118. The van der Waals surface area contributed by atoms with Gasteiger partial charge in [-0.2, -0.15) is 0 Å². The average molecular weight is 402 g/mol. The molecule has 0 radical (unpaired) electrons. The minimum atomic E-state index is -0.695. The first kappa shape index (κ1) is 19.5. The molecular formula is C24H22N2O4. The number of carbonyl (C=O) groups excluding carboxylic acids is 2. The van der Waals surface area contributed by atoms with Crippen LogP contribution in [0.4, 0.5) is 5.69 Å². The van der Waals surface area contributed by atoms with E-state index in [0.717, 1.165) is 16.7 Å². The zero-order chi connectivity index (χ0) is 21.5. The Morgan fingerprint density at radius 2 is 1.63 bits per heavy atom. The molecule has 152 valence electrons. The summed E-state index contributed by atoms with van der Waals surface area (Å²) in [6.45, 7) is 1.98. The third-order valence-corrected chi connectivity index (χ3v) is 5.69. The molecular weight excluding hydrogens is 380 g/mol. The lowest BCUT2D eigenvalue weighted by atomic mass is 9.94. The topological polar surface area (TPSA) is 113 Å². The van der Waals surface area contributed by atoms with Crippen molar-refractivity contribution >= 4 is 17.5 Å². The van der Waals surface area contributed by atoms with E-state index in [9.17, 15) is 19.8 Å². The molecule has 0 bridgehead atoms. The molecule has 6 nitrogen and oxygen atoms in total. The van der Waals surface area contributed by atoms with Crippen molar-refractivity contribution in [2.75, 3.05) is 5.32 Å². The number of phenols is 2. The number of carbonyl (C=O) groups is 2. The maximum Gasteiger partial charge on any atom is 0.248 e. The van der Waals surface area contributed by atoms with Gasteiger partial charge in [-0.05, 0) is 78.4 Å². The van der Waals surface area contributed by atoms with Crippen molar-refractivity contribution in [2.45, 2.75) is 25.2 Å². The van der Waals surface area contributed by atoms with E-state index < -0.39 is 11.3 Å². The van der Waals surface area contributed by atoms with Crippen molar-refractivity contribution in [2.24, 2.45) is 5.73 Å². The molecule has 2 amide bonds. The fourth-order valence-electron chi connectivity index (χ4n) is 3.67. The molecule has 4 rings (SSSR count). The summed E-state index contributed by atoms with van der Waals surface area (Å²) in [7, 11) is 0. The summed E-state index contributed by atoms with van der Waals surface area (Å²) in [5.41, 5.74) is 9.28. The Kier molecular flexibility index (Phi) is 4.70. The van der Waals surface area contributed by atoms with Crippen LogP contribution >= 0.6 is 0 Å². The van der Waals surface area contributed by atoms with Crippen LogP contribution in [0.1, 0.15) is 34.3 Å². The van der Waals surface area contributed by atoms with Crippen molar-refractivity contribution in [3.8, 4) is 22.6 Å². The smallest absolute Gasteiger partial charge is 0.248 e. The van der Waals surface area contributed by atoms with E-state index in [4.69, 9.17) is 5.73 Å². The third kappa shape index (κ3) is 3.48. The second-order valence-corrected chi connectivity index (χ2v) is 7.71. The predicted octanol–water partition coefficient (Wildman–Crippen LogP) is 3.84. The van der Waals surface area contributed by atoms with Crippen LogP contribution in [0.25, 0.3) is 11.1 Å². The summed E-state index contributed by atoms with van der Waals surface area (Å²) in [4.78, 5) is 24.3. The summed E-state index contributed by atoms with van der Waals surface area (Å²) in [5, 5.41) is 22.3. The highest BCUT2D eigenvalue weighted by Crippen LogP contribution is 2.50. The molecule has 1 saturated carbocycles. The zero-order valence-electron chi connectivity index (χ0n) is 16.5. The van der Waals surface area contributed by atoms with E-state index in [2.05, 4.69) is 5.32 Å². The van der Waals surface area contributed by atoms with E-state index in [1.165, 1.54) is 12.1 Å². The van der Waals surface area contributed by atoms with Gasteiger partial charge in [0, 0.05) is 11.3 Å². The van der Waals surface area contributed by atoms with E-state index in [0.29, 0.717) is 29.7 Å². The van der Waals surface area contributed by atoms with Gasteiger partial charge in [0.05, 0.1) is 5.41 Å². The quantitative estimate of drug-likeness (QED) is 0.486. The van der Waals surface area contributed by atoms with Gasteiger partial charge in [-0.15, -0.1) is 0 Å². The van der Waals surface area contributed by atoms with Gasteiger partial charge in [0.1, 0.15) is 0 Å². The van der Waals surface area contributed by atoms with Crippen LogP contribution in [0.5, 0.6) is 11.5 Å². The second-order valence-electron chi connectivity index (χ2n) is 7.71. The summed E-state index contributed by atoms with van der Waals surface area (Å²) < 4.78 is 0. The number of nitrogens with two attached hydrogens (primary N) is 1. The molecule has 0 unspecified atom stereocenters. The highest BCUT2D eigenvalue weighted by atomic mass is 16.3. The number of nitrogens with one attached hydrogen (secondary N) is 1. The number of aromatic hydroxyl groups is 2. The molecule has 6 heteroatoms. The van der Waals surface area contributed by atoms with Crippen LogP contribution in [-0.2, 0) is 10.2 Å². The van der Waals surface area contributed by atoms with Crippen LogP contribution in [0, 0.1) is 6.92 Å². The molecule has 0 atom stereocenters. The highest BCUT2D eigenvalue weighted by molar-refractivity contribution is 6.02. The maximum absolute atomic E-state index is 13.0. The highest BCUT2D eigenvalue weighted by Gasteiger charge is 2.51. The Morgan fingerprint density at radius 3 is 2.23 bits per heavy atom. The fraction of sp³-hybridized carbons (Fsp3) is 0.167. The summed E-state index contributed by atoms with van der Waals surface area (Å²) in [6, 6.07) is 17.2. The number of benzene rings is 3. The van der Waals surface area contributed by atoms with Gasteiger partial charge < -0.3 is 21.3 Å². The molecule has 30 heavy (non-hydrogen) atoms. The first-order valence-electron chi connectivity index (χ1n) is 9.65. The number of hydrogen-bond donors (Lipinski definition) is 4. The lowest BCUT2D eigenvalue weighted by Crippen LogP contribution is -2.27. The first-order valence-corrected chi connectivity index (χ1v) is 9.65. The fourth-order valence-corrected chi connectivity index (χ4v) is 3.67. The molecule has 0 heterocycles. The van der Waals surface area contributed by atoms with E-state index in [1.807, 2.05) is 37.3 Å². The van der Waals surface area contributed by atoms with Crippen molar-refractivity contribution in [3.63, 3.8) is 0 Å². The van der Waals surface area contributed by atoms with Crippen LogP contribution in [0.2, 0.25) is 0 Å². The zero-order valence-corrected chi connectivity index (χ0v) is 16.5. The Bertz CT molecular complexity index is 1150. The standard InChI is InChI=1S/C24H22N2O4/c1-14-2-8-18(13-19(14)15-3-5-16(6-4-15)22(25)29)26-23(30)24(10-11-24)17-7-9-20(27)21(28)12-17/h2-9,12-13,27-28H,10-11H2,1H3,(H2,25,29)(H,26,30). The molecule has 0 aliphatic heterocycles. The Balaban J connectivity index is 1.59. The summed E-state index contributed by atoms with van der Waals surface area (Å²) in [5.74, 6) is -1.06. The second kappa shape index (κ2) is 7.22. The van der Waals surface area contributed by atoms with Gasteiger partial charge in [-0.1, -0.05) is 24.3 Å². The lowest BCUT2D eigenvalue weighted by Gasteiger charge is -2.17. The predicted molar refractivity (Wildman–Crippen MR) is 114 cm³/mol. The van der Waals surface area contributed by atoms with Crippen LogP contribution < -0.4 is 11.1 Å². The van der Waals surface area contributed by atoms with Gasteiger partial charge in [-0.25, -0.2) is 0 Å². The van der Waals surface area contributed by atoms with E-state index >= 15 is 0 Å². The molecule has 1 aliphatic rings. The van der Waals surface area contributed by atoms with E-state index in [-0.39, 0.29) is 17.4 Å².